The number of carbonyl (C=O) groups is 1. The van der Waals surface area contributed by atoms with Gasteiger partial charge in [0.15, 0.2) is 6.61 Å². The zero-order valence-corrected chi connectivity index (χ0v) is 12.6. The van der Waals surface area contributed by atoms with Gasteiger partial charge in [-0.2, -0.15) is 0 Å². The highest BCUT2D eigenvalue weighted by Gasteiger charge is 2.28. The van der Waals surface area contributed by atoms with Gasteiger partial charge in [-0.15, -0.1) is 0 Å². The van der Waals surface area contributed by atoms with Crippen LogP contribution in [0.1, 0.15) is 27.2 Å². The Morgan fingerprint density at radius 2 is 2.10 bits per heavy atom. The van der Waals surface area contributed by atoms with Gasteiger partial charge >= 0.3 is 0 Å². The zero-order chi connectivity index (χ0) is 14.5. The number of likely N-dealkylation sites (N-methyl/N-ethyl adjacent to an activating group) is 1. The molecule has 0 saturated heterocycles. The molecule has 1 aromatic carbocycles. The zero-order valence-electron chi connectivity index (χ0n) is 12.6. The van der Waals surface area contributed by atoms with Gasteiger partial charge in [0.25, 0.3) is 5.91 Å². The summed E-state index contributed by atoms with van der Waals surface area (Å²) in [6.45, 7) is 8.26. The summed E-state index contributed by atoms with van der Waals surface area (Å²) in [5, 5.41) is 3.50. The Morgan fingerprint density at radius 3 is 2.80 bits per heavy atom. The van der Waals surface area contributed by atoms with E-state index in [9.17, 15) is 4.79 Å². The Bertz CT molecular complexity index is 462. The fourth-order valence-corrected chi connectivity index (χ4v) is 2.54. The Kier molecular flexibility index (Phi) is 5.01. The van der Waals surface area contributed by atoms with Crippen molar-refractivity contribution in [3.8, 4) is 5.75 Å². The number of ether oxygens (including phenoxy) is 1. The summed E-state index contributed by atoms with van der Waals surface area (Å²) >= 11 is 0. The SMILES string of the molecule is CCNC(CN1C(=O)COc2ccccc21)C(C)CC. The average Bonchev–Trinajstić information content (AvgIpc) is 2.48. The lowest BCUT2D eigenvalue weighted by Crippen LogP contribution is -2.49. The summed E-state index contributed by atoms with van der Waals surface area (Å²) in [5.74, 6) is 1.36. The molecule has 2 unspecified atom stereocenters. The lowest BCUT2D eigenvalue weighted by atomic mass is 9.98. The monoisotopic (exact) mass is 276 g/mol. The van der Waals surface area contributed by atoms with Crippen LogP contribution in [-0.2, 0) is 4.79 Å². The van der Waals surface area contributed by atoms with Crippen LogP contribution in [0.2, 0.25) is 0 Å². The second kappa shape index (κ2) is 6.75. The maximum Gasteiger partial charge on any atom is 0.265 e. The number of para-hydroxylation sites is 2. The van der Waals surface area contributed by atoms with Crippen LogP contribution < -0.4 is 15.0 Å². The first-order chi connectivity index (χ1) is 9.67. The molecule has 0 bridgehead atoms. The van der Waals surface area contributed by atoms with Crippen LogP contribution in [0.4, 0.5) is 5.69 Å². The maximum atomic E-state index is 12.2. The molecule has 2 atom stereocenters. The number of amides is 1. The normalized spacial score (nSPS) is 17.4. The summed E-state index contributed by atoms with van der Waals surface area (Å²) in [7, 11) is 0. The van der Waals surface area contributed by atoms with Crippen molar-refractivity contribution in [2.75, 3.05) is 24.6 Å². The predicted molar refractivity (Wildman–Crippen MR) is 81.2 cm³/mol. The molecule has 0 fully saturated rings. The van der Waals surface area contributed by atoms with E-state index in [0.29, 0.717) is 18.5 Å². The Labute approximate surface area is 121 Å². The average molecular weight is 276 g/mol. The maximum absolute atomic E-state index is 12.2. The minimum absolute atomic E-state index is 0.0370. The number of hydrogen-bond acceptors (Lipinski definition) is 3. The van der Waals surface area contributed by atoms with Crippen LogP contribution in [0.15, 0.2) is 24.3 Å². The first-order valence-corrected chi connectivity index (χ1v) is 7.42. The highest BCUT2D eigenvalue weighted by Crippen LogP contribution is 2.31. The number of nitrogens with one attached hydrogen (secondary N) is 1. The van der Waals surface area contributed by atoms with E-state index in [-0.39, 0.29) is 12.5 Å². The van der Waals surface area contributed by atoms with Gasteiger partial charge in [-0.3, -0.25) is 4.79 Å². The number of benzene rings is 1. The molecule has 0 saturated carbocycles. The van der Waals surface area contributed by atoms with E-state index in [1.807, 2.05) is 29.2 Å². The number of carbonyl (C=O) groups excluding carboxylic acids is 1. The Hall–Kier alpha value is -1.55. The van der Waals surface area contributed by atoms with Crippen molar-refractivity contribution < 1.29 is 9.53 Å². The second-order valence-corrected chi connectivity index (χ2v) is 5.31. The quantitative estimate of drug-likeness (QED) is 0.867. The van der Waals surface area contributed by atoms with Crippen LogP contribution in [0.5, 0.6) is 5.75 Å². The lowest BCUT2D eigenvalue weighted by Gasteiger charge is -2.34. The van der Waals surface area contributed by atoms with Crippen molar-refractivity contribution >= 4 is 11.6 Å². The van der Waals surface area contributed by atoms with Crippen molar-refractivity contribution in [1.82, 2.24) is 5.32 Å². The van der Waals surface area contributed by atoms with E-state index in [0.717, 1.165) is 24.4 Å². The van der Waals surface area contributed by atoms with Crippen LogP contribution in [0.25, 0.3) is 0 Å². The van der Waals surface area contributed by atoms with Crippen molar-refractivity contribution in [2.45, 2.75) is 33.2 Å². The molecule has 4 nitrogen and oxygen atoms in total. The van der Waals surface area contributed by atoms with E-state index in [4.69, 9.17) is 4.74 Å². The molecular formula is C16H24N2O2. The van der Waals surface area contributed by atoms with Crippen molar-refractivity contribution in [3.05, 3.63) is 24.3 Å². The minimum atomic E-state index is 0.0370. The van der Waals surface area contributed by atoms with Gasteiger partial charge in [0, 0.05) is 12.6 Å². The molecule has 1 aliphatic rings. The number of rotatable bonds is 6. The molecule has 0 aromatic heterocycles. The summed E-state index contributed by atoms with van der Waals surface area (Å²) in [5.41, 5.74) is 0.884. The second-order valence-electron chi connectivity index (χ2n) is 5.31. The Morgan fingerprint density at radius 1 is 1.35 bits per heavy atom. The third kappa shape index (κ3) is 3.12. The summed E-state index contributed by atoms with van der Waals surface area (Å²) < 4.78 is 5.48. The standard InChI is InChI=1S/C16H24N2O2/c1-4-12(3)13(17-5-2)10-18-14-8-6-7-9-15(14)20-11-16(18)19/h6-9,12-13,17H,4-5,10-11H2,1-3H3. The van der Waals surface area contributed by atoms with E-state index < -0.39 is 0 Å². The number of hydrogen-bond donors (Lipinski definition) is 1. The van der Waals surface area contributed by atoms with Gasteiger partial charge in [0.05, 0.1) is 5.69 Å². The molecule has 4 heteroatoms. The van der Waals surface area contributed by atoms with Crippen molar-refractivity contribution in [3.63, 3.8) is 0 Å². The summed E-state index contributed by atoms with van der Waals surface area (Å²) in [6.07, 6.45) is 1.10. The third-order valence-electron chi connectivity index (χ3n) is 3.98. The first-order valence-electron chi connectivity index (χ1n) is 7.42. The van der Waals surface area contributed by atoms with E-state index in [2.05, 4.69) is 26.1 Å². The Balaban J connectivity index is 2.20. The van der Waals surface area contributed by atoms with Crippen LogP contribution in [-0.4, -0.2) is 31.6 Å². The molecule has 1 aliphatic heterocycles. The first kappa shape index (κ1) is 14.9. The van der Waals surface area contributed by atoms with E-state index in [1.54, 1.807) is 0 Å². The summed E-state index contributed by atoms with van der Waals surface area (Å²) in [6, 6.07) is 8.05. The van der Waals surface area contributed by atoms with Gasteiger partial charge in [-0.1, -0.05) is 39.3 Å². The highest BCUT2D eigenvalue weighted by molar-refractivity contribution is 5.97. The molecule has 0 radical (unpaired) electrons. The molecule has 20 heavy (non-hydrogen) atoms. The molecule has 0 spiro atoms. The molecule has 1 amide bonds. The van der Waals surface area contributed by atoms with Crippen LogP contribution >= 0.6 is 0 Å². The largest absolute Gasteiger partial charge is 0.482 e. The summed E-state index contributed by atoms with van der Waals surface area (Å²) in [4.78, 5) is 14.0. The van der Waals surface area contributed by atoms with Gasteiger partial charge in [0.1, 0.15) is 5.75 Å². The van der Waals surface area contributed by atoms with Crippen molar-refractivity contribution in [1.29, 1.82) is 0 Å². The molecule has 1 aromatic rings. The van der Waals surface area contributed by atoms with E-state index >= 15 is 0 Å². The minimum Gasteiger partial charge on any atom is -0.482 e. The fourth-order valence-electron chi connectivity index (χ4n) is 2.54. The van der Waals surface area contributed by atoms with Crippen LogP contribution in [0, 0.1) is 5.92 Å². The molecule has 1 heterocycles. The van der Waals surface area contributed by atoms with Crippen LogP contribution in [0.3, 0.4) is 0 Å². The molecule has 0 aliphatic carbocycles. The number of nitrogens with zero attached hydrogens (tertiary/aromatic N) is 1. The van der Waals surface area contributed by atoms with Crippen molar-refractivity contribution in [2.24, 2.45) is 5.92 Å². The smallest absolute Gasteiger partial charge is 0.265 e. The molecular weight excluding hydrogens is 252 g/mol. The van der Waals surface area contributed by atoms with Gasteiger partial charge < -0.3 is 15.0 Å². The van der Waals surface area contributed by atoms with Gasteiger partial charge in [-0.25, -0.2) is 0 Å². The predicted octanol–water partition coefficient (Wildman–Crippen LogP) is 2.44. The molecule has 2 rings (SSSR count). The third-order valence-corrected chi connectivity index (χ3v) is 3.98. The van der Waals surface area contributed by atoms with E-state index in [1.165, 1.54) is 0 Å². The van der Waals surface area contributed by atoms with Gasteiger partial charge in [-0.05, 0) is 24.6 Å². The molecule has 1 N–H and O–H groups in total. The molecule has 110 valence electrons. The lowest BCUT2D eigenvalue weighted by molar-refractivity contribution is -0.121. The number of fused-ring (bicyclic) bond motifs is 1. The topological polar surface area (TPSA) is 41.6 Å². The highest BCUT2D eigenvalue weighted by atomic mass is 16.5. The number of anilines is 1. The fraction of sp³-hybridized carbons (Fsp3) is 0.562. The van der Waals surface area contributed by atoms with Gasteiger partial charge in [0.2, 0.25) is 0 Å².